The van der Waals surface area contributed by atoms with Crippen molar-refractivity contribution in [1.82, 2.24) is 29.6 Å². The molecule has 3 aromatic heterocycles. The van der Waals surface area contributed by atoms with E-state index in [0.717, 1.165) is 18.5 Å². The van der Waals surface area contributed by atoms with Crippen LogP contribution in [-0.4, -0.2) is 42.0 Å². The predicted octanol–water partition coefficient (Wildman–Crippen LogP) is 3.15. The van der Waals surface area contributed by atoms with Crippen LogP contribution in [0.2, 0.25) is 0 Å². The monoisotopic (exact) mass is 388 g/mol. The van der Waals surface area contributed by atoms with Crippen LogP contribution in [-0.2, 0) is 6.54 Å². The van der Waals surface area contributed by atoms with Gasteiger partial charge in [-0.05, 0) is 31.4 Å². The summed E-state index contributed by atoms with van der Waals surface area (Å²) in [5.41, 5.74) is 3.15. The molecule has 1 aromatic carbocycles. The highest BCUT2D eigenvalue weighted by Crippen LogP contribution is 2.32. The third-order valence-electron chi connectivity index (χ3n) is 5.24. The fourth-order valence-electron chi connectivity index (χ4n) is 3.84. The number of pyridine rings is 1. The number of aromatic nitrogens is 5. The summed E-state index contributed by atoms with van der Waals surface area (Å²) in [6.07, 6.45) is 5.11. The van der Waals surface area contributed by atoms with Crippen molar-refractivity contribution in [2.24, 2.45) is 0 Å². The van der Waals surface area contributed by atoms with Gasteiger partial charge < -0.3 is 14.0 Å². The molecule has 8 nitrogen and oxygen atoms in total. The van der Waals surface area contributed by atoms with Crippen molar-refractivity contribution < 1.29 is 9.32 Å². The number of nitrogens with zero attached hydrogens (tertiary/aromatic N) is 6. The molecule has 29 heavy (non-hydrogen) atoms. The second kappa shape index (κ2) is 7.12. The molecule has 1 saturated heterocycles. The van der Waals surface area contributed by atoms with Crippen LogP contribution in [0.5, 0.6) is 0 Å². The fourth-order valence-corrected chi connectivity index (χ4v) is 3.84. The van der Waals surface area contributed by atoms with Gasteiger partial charge in [0.25, 0.3) is 5.91 Å². The maximum absolute atomic E-state index is 13.1. The van der Waals surface area contributed by atoms with Gasteiger partial charge in [-0.25, -0.2) is 9.97 Å². The van der Waals surface area contributed by atoms with Crippen LogP contribution in [0.3, 0.4) is 0 Å². The van der Waals surface area contributed by atoms with Gasteiger partial charge in [0.1, 0.15) is 11.6 Å². The minimum atomic E-state index is -0.185. The third kappa shape index (κ3) is 3.26. The van der Waals surface area contributed by atoms with E-state index < -0.39 is 0 Å². The molecule has 4 heterocycles. The van der Waals surface area contributed by atoms with Crippen LogP contribution in [0.25, 0.3) is 11.2 Å². The lowest BCUT2D eigenvalue weighted by Crippen LogP contribution is -2.30. The molecule has 146 valence electrons. The molecule has 1 fully saturated rings. The summed E-state index contributed by atoms with van der Waals surface area (Å²) in [6, 6.07) is 11.8. The van der Waals surface area contributed by atoms with Crippen molar-refractivity contribution in [2.75, 3.05) is 6.54 Å². The molecule has 1 aliphatic rings. The number of likely N-dealkylation sites (tertiary alicyclic amines) is 1. The van der Waals surface area contributed by atoms with Gasteiger partial charge in [0.2, 0.25) is 5.89 Å². The normalized spacial score (nSPS) is 16.6. The molecule has 8 heteroatoms. The van der Waals surface area contributed by atoms with E-state index >= 15 is 0 Å². The van der Waals surface area contributed by atoms with Gasteiger partial charge >= 0.3 is 0 Å². The Bertz CT molecular complexity index is 1170. The summed E-state index contributed by atoms with van der Waals surface area (Å²) >= 11 is 0. The van der Waals surface area contributed by atoms with E-state index in [-0.39, 0.29) is 11.9 Å². The highest BCUT2D eigenvalue weighted by Gasteiger charge is 2.34. The molecule has 1 amide bonds. The van der Waals surface area contributed by atoms with Crippen LogP contribution >= 0.6 is 0 Å². The Balaban J connectivity index is 1.41. The lowest BCUT2D eigenvalue weighted by atomic mass is 10.2. The quantitative estimate of drug-likeness (QED) is 0.533. The van der Waals surface area contributed by atoms with Gasteiger partial charge in [-0.15, -0.1) is 0 Å². The van der Waals surface area contributed by atoms with E-state index in [1.807, 2.05) is 22.8 Å². The zero-order chi connectivity index (χ0) is 19.8. The smallest absolute Gasteiger partial charge is 0.256 e. The zero-order valence-corrected chi connectivity index (χ0v) is 16.0. The second-order valence-corrected chi connectivity index (χ2v) is 7.26. The lowest BCUT2D eigenvalue weighted by Gasteiger charge is -2.21. The van der Waals surface area contributed by atoms with Gasteiger partial charge in [0, 0.05) is 12.7 Å². The predicted molar refractivity (Wildman–Crippen MR) is 105 cm³/mol. The molecule has 1 atom stereocenters. The number of hydrogen-bond donors (Lipinski definition) is 0. The number of fused-ring (bicyclic) bond motifs is 1. The average Bonchev–Trinajstić information content (AvgIpc) is 3.48. The lowest BCUT2D eigenvalue weighted by molar-refractivity contribution is 0.0710. The zero-order valence-electron chi connectivity index (χ0n) is 16.0. The van der Waals surface area contributed by atoms with Gasteiger partial charge in [0.05, 0.1) is 18.4 Å². The molecule has 5 rings (SSSR count). The summed E-state index contributed by atoms with van der Waals surface area (Å²) in [5, 5.41) is 3.86. The van der Waals surface area contributed by atoms with Gasteiger partial charge in [-0.1, -0.05) is 35.5 Å². The van der Waals surface area contributed by atoms with E-state index in [1.165, 1.54) is 5.56 Å². The summed E-state index contributed by atoms with van der Waals surface area (Å²) in [6.45, 7) is 3.12. The molecule has 0 aliphatic carbocycles. The minimum Gasteiger partial charge on any atom is -0.337 e. The maximum Gasteiger partial charge on any atom is 0.256 e. The molecule has 0 N–H and O–H groups in total. The molecular weight excluding hydrogens is 368 g/mol. The summed E-state index contributed by atoms with van der Waals surface area (Å²) in [7, 11) is 0. The van der Waals surface area contributed by atoms with E-state index in [2.05, 4.69) is 32.2 Å². The SMILES string of the molecule is Cc1noc(C2CCCN2C(=O)c2cnc3c(c2)ncn3Cc2ccccc2)n1. The summed E-state index contributed by atoms with van der Waals surface area (Å²) < 4.78 is 7.29. The standard InChI is InChI=1S/C21H20N6O2/c1-14-24-20(29-25-14)18-8-5-9-27(18)21(28)16-10-17-19(22-11-16)26(13-23-17)12-15-6-3-2-4-7-15/h2-4,6-7,10-11,13,18H,5,8-9,12H2,1H3. The summed E-state index contributed by atoms with van der Waals surface area (Å²) in [5.74, 6) is 0.983. The van der Waals surface area contributed by atoms with E-state index in [4.69, 9.17) is 4.52 Å². The highest BCUT2D eigenvalue weighted by atomic mass is 16.5. The topological polar surface area (TPSA) is 89.9 Å². The number of benzene rings is 1. The van der Waals surface area contributed by atoms with Crippen molar-refractivity contribution in [3.63, 3.8) is 0 Å². The molecule has 4 aromatic rings. The van der Waals surface area contributed by atoms with Crippen molar-refractivity contribution >= 4 is 17.1 Å². The molecule has 1 aliphatic heterocycles. The largest absolute Gasteiger partial charge is 0.337 e. The minimum absolute atomic E-state index is 0.0876. The Kier molecular flexibility index (Phi) is 4.31. The molecule has 0 spiro atoms. The number of carbonyl (C=O) groups is 1. The Labute approximate surface area is 167 Å². The van der Waals surface area contributed by atoms with Crippen LogP contribution < -0.4 is 0 Å². The van der Waals surface area contributed by atoms with E-state index in [9.17, 15) is 4.79 Å². The first kappa shape index (κ1) is 17.5. The van der Waals surface area contributed by atoms with Crippen LogP contribution in [0, 0.1) is 6.92 Å². The van der Waals surface area contributed by atoms with Crippen molar-refractivity contribution in [1.29, 1.82) is 0 Å². The highest BCUT2D eigenvalue weighted by molar-refractivity contribution is 5.96. The fraction of sp³-hybridized carbons (Fsp3) is 0.286. The third-order valence-corrected chi connectivity index (χ3v) is 5.24. The Morgan fingerprint density at radius 2 is 2.10 bits per heavy atom. The number of imidazole rings is 1. The van der Waals surface area contributed by atoms with Crippen LogP contribution in [0.1, 0.15) is 46.5 Å². The first-order valence-electron chi connectivity index (χ1n) is 9.65. The Morgan fingerprint density at radius 3 is 2.90 bits per heavy atom. The molecule has 0 bridgehead atoms. The average molecular weight is 388 g/mol. The van der Waals surface area contributed by atoms with Gasteiger partial charge in [0.15, 0.2) is 11.5 Å². The molecule has 0 saturated carbocycles. The van der Waals surface area contributed by atoms with Crippen LogP contribution in [0.15, 0.2) is 53.4 Å². The van der Waals surface area contributed by atoms with Gasteiger partial charge in [-0.3, -0.25) is 4.79 Å². The van der Waals surface area contributed by atoms with E-state index in [1.54, 1.807) is 30.4 Å². The first-order valence-corrected chi connectivity index (χ1v) is 9.65. The second-order valence-electron chi connectivity index (χ2n) is 7.26. The number of aryl methyl sites for hydroxylation is 1. The van der Waals surface area contributed by atoms with Crippen molar-refractivity contribution in [3.8, 4) is 0 Å². The number of rotatable bonds is 4. The van der Waals surface area contributed by atoms with Crippen molar-refractivity contribution in [2.45, 2.75) is 32.4 Å². The molecular formula is C21H20N6O2. The van der Waals surface area contributed by atoms with E-state index in [0.29, 0.717) is 35.9 Å². The maximum atomic E-state index is 13.1. The number of amides is 1. The number of hydrogen-bond acceptors (Lipinski definition) is 6. The Morgan fingerprint density at radius 1 is 1.24 bits per heavy atom. The van der Waals surface area contributed by atoms with Gasteiger partial charge in [-0.2, -0.15) is 4.98 Å². The number of carbonyl (C=O) groups excluding carboxylic acids is 1. The molecule has 0 radical (unpaired) electrons. The van der Waals surface area contributed by atoms with Crippen molar-refractivity contribution in [3.05, 3.63) is 71.8 Å². The molecule has 1 unspecified atom stereocenters. The van der Waals surface area contributed by atoms with Crippen LogP contribution in [0.4, 0.5) is 0 Å². The first-order chi connectivity index (χ1) is 14.2. The Hall–Kier alpha value is -3.55. The summed E-state index contributed by atoms with van der Waals surface area (Å²) in [4.78, 5) is 28.2.